The summed E-state index contributed by atoms with van der Waals surface area (Å²) < 4.78 is 65.0. The lowest BCUT2D eigenvalue weighted by Gasteiger charge is -2.30. The largest absolute Gasteiger partial charge is 0.431 e. The Balaban J connectivity index is 1.34. The number of nitrogens with two attached hydrogens (primary N) is 1. The van der Waals surface area contributed by atoms with Crippen LogP contribution in [0, 0.1) is 11.8 Å². The van der Waals surface area contributed by atoms with Crippen molar-refractivity contribution in [3.63, 3.8) is 0 Å². The monoisotopic (exact) mass is 483 g/mol. The van der Waals surface area contributed by atoms with Crippen molar-refractivity contribution in [2.45, 2.75) is 57.2 Å². The second kappa shape index (κ2) is 8.67. The van der Waals surface area contributed by atoms with Gasteiger partial charge in [0.25, 0.3) is 5.92 Å². The maximum Gasteiger partial charge on any atom is 0.387 e. The highest BCUT2D eigenvalue weighted by Crippen LogP contribution is 2.64. The maximum absolute atomic E-state index is 14.0. The molecule has 0 radical (unpaired) electrons. The van der Waals surface area contributed by atoms with E-state index in [9.17, 15) is 17.6 Å². The number of nitrogen functional groups attached to an aromatic ring is 1. The van der Waals surface area contributed by atoms with Crippen LogP contribution in [0.25, 0.3) is 11.3 Å². The fourth-order valence-electron chi connectivity index (χ4n) is 5.68. The van der Waals surface area contributed by atoms with E-state index >= 15 is 0 Å². The van der Waals surface area contributed by atoms with Gasteiger partial charge < -0.3 is 15.2 Å². The van der Waals surface area contributed by atoms with Gasteiger partial charge in [-0.2, -0.15) is 13.9 Å². The van der Waals surface area contributed by atoms with Crippen molar-refractivity contribution in [3.05, 3.63) is 24.0 Å². The summed E-state index contributed by atoms with van der Waals surface area (Å²) in [5.41, 5.74) is 7.90. The van der Waals surface area contributed by atoms with Gasteiger partial charge in [0.2, 0.25) is 0 Å². The van der Waals surface area contributed by atoms with Gasteiger partial charge >= 0.3 is 6.61 Å². The Morgan fingerprint density at radius 2 is 1.94 bits per heavy atom. The minimum absolute atomic E-state index is 0.0980. The molecule has 2 aromatic heterocycles. The van der Waals surface area contributed by atoms with Crippen LogP contribution in [0.2, 0.25) is 0 Å². The normalized spacial score (nSPS) is 28.8. The molecule has 2 saturated carbocycles. The number of ether oxygens (including phenoxy) is 2. The summed E-state index contributed by atoms with van der Waals surface area (Å²) in [7, 11) is 0. The number of aromatic nitrogens is 3. The molecule has 3 heterocycles. The summed E-state index contributed by atoms with van der Waals surface area (Å²) in [6.07, 6.45) is 3.25. The van der Waals surface area contributed by atoms with Crippen molar-refractivity contribution in [2.24, 2.45) is 11.8 Å². The summed E-state index contributed by atoms with van der Waals surface area (Å²) in [4.78, 5) is 5.88. The van der Waals surface area contributed by atoms with Gasteiger partial charge in [-0.1, -0.05) is 0 Å². The van der Waals surface area contributed by atoms with Gasteiger partial charge in [-0.15, -0.1) is 0 Å². The number of fused-ring (bicyclic) bond motifs is 1. The Bertz CT molecular complexity index is 1030. The van der Waals surface area contributed by atoms with Crippen molar-refractivity contribution in [3.8, 4) is 17.0 Å². The Kier molecular flexibility index (Phi) is 5.96. The van der Waals surface area contributed by atoms with Crippen LogP contribution in [0.5, 0.6) is 5.75 Å². The van der Waals surface area contributed by atoms with Gasteiger partial charge in [0.1, 0.15) is 6.61 Å². The first kappa shape index (κ1) is 23.3. The quantitative estimate of drug-likeness (QED) is 0.622. The molecule has 34 heavy (non-hydrogen) atoms. The van der Waals surface area contributed by atoms with Gasteiger partial charge in [0.05, 0.1) is 18.8 Å². The molecule has 1 saturated heterocycles. The van der Waals surface area contributed by atoms with Crippen LogP contribution >= 0.6 is 0 Å². The van der Waals surface area contributed by atoms with Gasteiger partial charge in [-0.3, -0.25) is 9.58 Å². The standard InChI is InChI=1S/C23H29F4N5O2/c1-12(2)32-18(8-17(30-32)13-5-19(34-22(24)25)21(28)29-9-13)20-15-6-14(7-16(15)20)31-3-4-33-11-23(26,27)10-31/h5,8-9,12,14-16,20,22H,3-4,6-7,10-11H2,1-2H3,(H2,28,29)/t14-,15-,16+,20+. The molecule has 0 bridgehead atoms. The number of hydrogen-bond acceptors (Lipinski definition) is 6. The second-order valence-electron chi connectivity index (χ2n) is 9.84. The molecule has 0 unspecified atom stereocenters. The summed E-state index contributed by atoms with van der Waals surface area (Å²) in [5, 5.41) is 4.73. The third kappa shape index (κ3) is 4.47. The van der Waals surface area contributed by atoms with Gasteiger partial charge in [-0.05, 0) is 50.7 Å². The van der Waals surface area contributed by atoms with E-state index in [4.69, 9.17) is 15.6 Å². The summed E-state index contributed by atoms with van der Waals surface area (Å²) in [6, 6.07) is 3.65. The maximum atomic E-state index is 14.0. The predicted octanol–water partition coefficient (Wildman–Crippen LogP) is 4.17. The molecular formula is C23H29F4N5O2. The van der Waals surface area contributed by atoms with Crippen molar-refractivity contribution in [1.82, 2.24) is 19.7 Å². The highest BCUT2D eigenvalue weighted by atomic mass is 19.3. The Labute approximate surface area is 195 Å². The zero-order valence-electron chi connectivity index (χ0n) is 19.1. The van der Waals surface area contributed by atoms with E-state index in [1.54, 1.807) is 0 Å². The van der Waals surface area contributed by atoms with Crippen LogP contribution in [0.15, 0.2) is 18.3 Å². The average molecular weight is 484 g/mol. The molecule has 2 aromatic rings. The Morgan fingerprint density at radius 3 is 2.62 bits per heavy atom. The first-order valence-corrected chi connectivity index (χ1v) is 11.6. The smallest absolute Gasteiger partial charge is 0.387 e. The third-order valence-electron chi connectivity index (χ3n) is 7.20. The molecule has 4 atom stereocenters. The predicted molar refractivity (Wildman–Crippen MR) is 117 cm³/mol. The Hall–Kier alpha value is -2.40. The first-order valence-electron chi connectivity index (χ1n) is 11.6. The number of pyridine rings is 1. The van der Waals surface area contributed by atoms with E-state index in [2.05, 4.69) is 9.72 Å². The SMILES string of the molecule is CC(C)n1nc(-c2cnc(N)c(OC(F)F)c2)cc1[C@H]1[C@@H]2C[C@@H](N3CCOCC(F)(F)C3)C[C@@H]21. The lowest BCUT2D eigenvalue weighted by molar-refractivity contribution is -0.0719. The lowest BCUT2D eigenvalue weighted by Crippen LogP contribution is -2.43. The third-order valence-corrected chi connectivity index (χ3v) is 7.20. The first-order chi connectivity index (χ1) is 16.1. The molecule has 186 valence electrons. The van der Waals surface area contributed by atoms with Crippen molar-refractivity contribution < 1.29 is 27.0 Å². The van der Waals surface area contributed by atoms with Crippen molar-refractivity contribution in [2.75, 3.05) is 32.0 Å². The molecule has 0 amide bonds. The van der Waals surface area contributed by atoms with Crippen LogP contribution in [0.3, 0.4) is 0 Å². The van der Waals surface area contributed by atoms with Crippen LogP contribution in [0.1, 0.15) is 44.3 Å². The fourth-order valence-corrected chi connectivity index (χ4v) is 5.68. The van der Waals surface area contributed by atoms with Crippen LogP contribution in [-0.2, 0) is 4.74 Å². The highest BCUT2D eigenvalue weighted by molar-refractivity contribution is 5.64. The fraction of sp³-hybridized carbons (Fsp3) is 0.652. The highest BCUT2D eigenvalue weighted by Gasteiger charge is 2.59. The van der Waals surface area contributed by atoms with Gasteiger partial charge in [0, 0.05) is 42.0 Å². The number of alkyl halides is 4. The topological polar surface area (TPSA) is 78.4 Å². The van der Waals surface area contributed by atoms with Crippen molar-refractivity contribution >= 4 is 5.82 Å². The number of rotatable bonds is 6. The summed E-state index contributed by atoms with van der Waals surface area (Å²) in [6.45, 7) is 1.18. The summed E-state index contributed by atoms with van der Waals surface area (Å²) in [5.74, 6) is -1.95. The number of halogens is 4. The van der Waals surface area contributed by atoms with Crippen LogP contribution < -0.4 is 10.5 Å². The molecule has 2 N–H and O–H groups in total. The zero-order chi connectivity index (χ0) is 24.2. The number of nitrogens with zero attached hydrogens (tertiary/aromatic N) is 4. The van der Waals surface area contributed by atoms with E-state index in [0.29, 0.717) is 42.2 Å². The molecule has 3 fully saturated rings. The Morgan fingerprint density at radius 1 is 1.21 bits per heavy atom. The molecular weight excluding hydrogens is 454 g/mol. The average Bonchev–Trinajstić information content (AvgIpc) is 3.09. The molecule has 0 spiro atoms. The number of hydrogen-bond donors (Lipinski definition) is 1. The van der Waals surface area contributed by atoms with E-state index in [1.165, 1.54) is 12.3 Å². The minimum atomic E-state index is -3.00. The summed E-state index contributed by atoms with van der Waals surface area (Å²) >= 11 is 0. The molecule has 2 aliphatic carbocycles. The number of anilines is 1. The van der Waals surface area contributed by atoms with Crippen molar-refractivity contribution in [1.29, 1.82) is 0 Å². The van der Waals surface area contributed by atoms with Gasteiger partial charge in [-0.25, -0.2) is 13.8 Å². The molecule has 7 nitrogen and oxygen atoms in total. The van der Waals surface area contributed by atoms with Crippen LogP contribution in [-0.4, -0.2) is 64.5 Å². The molecule has 3 aliphatic rings. The minimum Gasteiger partial charge on any atom is -0.431 e. The lowest BCUT2D eigenvalue weighted by atomic mass is 10.0. The van der Waals surface area contributed by atoms with E-state index < -0.39 is 19.1 Å². The van der Waals surface area contributed by atoms with E-state index in [0.717, 1.165) is 18.5 Å². The van der Waals surface area contributed by atoms with E-state index in [-0.39, 0.29) is 30.2 Å². The molecule has 11 heteroatoms. The van der Waals surface area contributed by atoms with E-state index in [1.807, 2.05) is 29.5 Å². The second-order valence-corrected chi connectivity index (χ2v) is 9.84. The molecule has 0 aromatic carbocycles. The van der Waals surface area contributed by atoms with Gasteiger partial charge in [0.15, 0.2) is 11.6 Å². The molecule has 1 aliphatic heterocycles. The zero-order valence-corrected chi connectivity index (χ0v) is 19.1. The van der Waals surface area contributed by atoms with Crippen LogP contribution in [0.4, 0.5) is 23.4 Å². The molecule has 5 rings (SSSR count).